The van der Waals surface area contributed by atoms with Gasteiger partial charge in [-0.3, -0.25) is 9.80 Å². The maximum Gasteiger partial charge on any atom is 0.0897 e. The Hall–Kier alpha value is -4.40. The summed E-state index contributed by atoms with van der Waals surface area (Å²) in [4.78, 5) is 4.24. The van der Waals surface area contributed by atoms with Gasteiger partial charge in [-0.15, -0.1) is 0 Å². The molecule has 258 valence electrons. The minimum atomic E-state index is -0.745. The summed E-state index contributed by atoms with van der Waals surface area (Å²) in [5.74, 6) is 0. The normalized spacial score (nSPS) is 11.8. The van der Waals surface area contributed by atoms with Crippen LogP contribution < -0.4 is 0 Å². The van der Waals surface area contributed by atoms with Crippen molar-refractivity contribution in [2.75, 3.05) is 26.4 Å². The molecule has 4 N–H and O–H groups in total. The van der Waals surface area contributed by atoms with Crippen molar-refractivity contribution < 1.29 is 20.4 Å². The third kappa shape index (κ3) is 12.5. The van der Waals surface area contributed by atoms with Gasteiger partial charge in [0.2, 0.25) is 0 Å². The summed E-state index contributed by atoms with van der Waals surface area (Å²) in [7, 11) is 0. The van der Waals surface area contributed by atoms with E-state index in [1.54, 1.807) is 0 Å². The van der Waals surface area contributed by atoms with E-state index in [2.05, 4.69) is 84.6 Å². The highest BCUT2D eigenvalue weighted by Gasteiger charge is 2.30. The molecule has 6 heteroatoms. The van der Waals surface area contributed by atoms with Crippen molar-refractivity contribution in [1.82, 2.24) is 9.80 Å². The first-order chi connectivity index (χ1) is 23.7. The van der Waals surface area contributed by atoms with E-state index < -0.39 is 11.6 Å². The molecule has 6 nitrogen and oxygen atoms in total. The van der Waals surface area contributed by atoms with Gasteiger partial charge in [0.05, 0.1) is 31.5 Å². The zero-order valence-electron chi connectivity index (χ0n) is 28.8. The number of rotatable bonds is 18. The zero-order chi connectivity index (χ0) is 35.6. The van der Waals surface area contributed by atoms with Crippen molar-refractivity contribution in [2.24, 2.45) is 0 Å². The molecule has 0 saturated carbocycles. The zero-order valence-corrected chi connectivity index (χ0v) is 28.8. The van der Waals surface area contributed by atoms with Gasteiger partial charge < -0.3 is 20.4 Å². The number of hydrogen-bond donors (Lipinski definition) is 4. The molecule has 4 aromatic carbocycles. The molecule has 0 amide bonds. The third-order valence-corrected chi connectivity index (χ3v) is 8.55. The van der Waals surface area contributed by atoms with Gasteiger partial charge in [-0.05, 0) is 51.4 Å². The monoisotopic (exact) mass is 660 g/mol. The minimum absolute atomic E-state index is 0.112. The standard InChI is InChI=1S/C22H27NO2.C21H25NO2/c1-4-18-6-10-20(11-7-18)14-23(22(3,16-24)17-25)15-21-12-8-19(5-2)9-13-21;1-3-17-5-9-19(10-6-17)13-22(15-21(24)16-23)14-20-11-7-18(4-2)8-12-20/h4-13,24-25H,1-2,14-17H2,3H3;3-12,21,23-24H,1-2,13-16H2. The van der Waals surface area contributed by atoms with Crippen LogP contribution in [-0.2, 0) is 26.2 Å². The van der Waals surface area contributed by atoms with Crippen LogP contribution in [0.4, 0.5) is 0 Å². The predicted molar refractivity (Wildman–Crippen MR) is 205 cm³/mol. The highest BCUT2D eigenvalue weighted by Crippen LogP contribution is 2.22. The Labute approximate surface area is 292 Å². The number of aliphatic hydroxyl groups is 4. The van der Waals surface area contributed by atoms with Gasteiger partial charge in [-0.2, -0.15) is 0 Å². The van der Waals surface area contributed by atoms with Crippen molar-refractivity contribution in [2.45, 2.75) is 44.7 Å². The maximum atomic E-state index is 9.85. The van der Waals surface area contributed by atoms with E-state index in [0.29, 0.717) is 32.7 Å². The fraction of sp³-hybridized carbons (Fsp3) is 0.256. The second-order valence-corrected chi connectivity index (χ2v) is 12.5. The molecule has 0 saturated heterocycles. The Kier molecular flexibility index (Phi) is 16.1. The second-order valence-electron chi connectivity index (χ2n) is 12.5. The van der Waals surface area contributed by atoms with E-state index in [4.69, 9.17) is 5.11 Å². The van der Waals surface area contributed by atoms with Gasteiger partial charge in [-0.25, -0.2) is 0 Å². The van der Waals surface area contributed by atoms with Gasteiger partial charge in [0.1, 0.15) is 0 Å². The molecule has 4 rings (SSSR count). The van der Waals surface area contributed by atoms with Gasteiger partial charge in [0, 0.05) is 32.7 Å². The fourth-order valence-corrected chi connectivity index (χ4v) is 5.22. The van der Waals surface area contributed by atoms with Crippen molar-refractivity contribution in [3.8, 4) is 0 Å². The molecule has 0 heterocycles. The van der Waals surface area contributed by atoms with Crippen molar-refractivity contribution in [3.05, 3.63) is 168 Å². The Morgan fingerprint density at radius 3 is 1.06 bits per heavy atom. The van der Waals surface area contributed by atoms with Crippen LogP contribution >= 0.6 is 0 Å². The van der Waals surface area contributed by atoms with E-state index in [1.807, 2.05) is 79.8 Å². The van der Waals surface area contributed by atoms with Gasteiger partial charge in [-0.1, -0.05) is 148 Å². The molecule has 0 fully saturated rings. The largest absolute Gasteiger partial charge is 0.394 e. The SMILES string of the molecule is C=Cc1ccc(CN(Cc2ccc(C=C)cc2)C(C)(CO)CO)cc1.C=Cc1ccc(CN(Cc2ccc(C=C)cc2)CC(O)CO)cc1. The molecule has 4 aromatic rings. The smallest absolute Gasteiger partial charge is 0.0897 e. The number of aliphatic hydroxyl groups excluding tert-OH is 4. The third-order valence-electron chi connectivity index (χ3n) is 8.55. The van der Waals surface area contributed by atoms with Gasteiger partial charge >= 0.3 is 0 Å². The summed E-state index contributed by atoms with van der Waals surface area (Å²) in [6.45, 7) is 19.6. The van der Waals surface area contributed by atoms with Gasteiger partial charge in [0.25, 0.3) is 0 Å². The fourth-order valence-electron chi connectivity index (χ4n) is 5.22. The van der Waals surface area contributed by atoms with E-state index in [1.165, 1.54) is 0 Å². The lowest BCUT2D eigenvalue weighted by molar-refractivity contribution is -0.0114. The summed E-state index contributed by atoms with van der Waals surface area (Å²) < 4.78 is 0. The van der Waals surface area contributed by atoms with Crippen LogP contribution in [0.15, 0.2) is 123 Å². The molecule has 0 bridgehead atoms. The molecular formula is C43H52N2O4. The van der Waals surface area contributed by atoms with E-state index in [9.17, 15) is 15.3 Å². The highest BCUT2D eigenvalue weighted by molar-refractivity contribution is 5.49. The molecule has 0 spiro atoms. The molecule has 0 aliphatic rings. The van der Waals surface area contributed by atoms with Crippen molar-refractivity contribution >= 4 is 24.3 Å². The predicted octanol–water partition coefficient (Wildman–Crippen LogP) is 7.05. The Balaban J connectivity index is 0.000000266. The summed E-state index contributed by atoms with van der Waals surface area (Å²) in [5, 5.41) is 38.7. The molecular weight excluding hydrogens is 608 g/mol. The first-order valence-electron chi connectivity index (χ1n) is 16.5. The second kappa shape index (κ2) is 20.2. The number of hydrogen-bond acceptors (Lipinski definition) is 6. The van der Waals surface area contributed by atoms with Crippen LogP contribution in [0, 0.1) is 0 Å². The van der Waals surface area contributed by atoms with Crippen molar-refractivity contribution in [1.29, 1.82) is 0 Å². The average molecular weight is 661 g/mol. The summed E-state index contributed by atoms with van der Waals surface area (Å²) in [6, 6.07) is 32.7. The van der Waals surface area contributed by atoms with E-state index in [0.717, 1.165) is 44.5 Å². The molecule has 0 radical (unpaired) electrons. The molecule has 1 atom stereocenters. The molecule has 0 aromatic heterocycles. The first kappa shape index (κ1) is 39.0. The van der Waals surface area contributed by atoms with E-state index in [-0.39, 0.29) is 19.8 Å². The van der Waals surface area contributed by atoms with E-state index >= 15 is 0 Å². The maximum absolute atomic E-state index is 9.85. The summed E-state index contributed by atoms with van der Waals surface area (Å²) in [5.41, 5.74) is 8.18. The minimum Gasteiger partial charge on any atom is -0.394 e. The molecule has 0 aliphatic carbocycles. The van der Waals surface area contributed by atoms with Crippen LogP contribution in [0.25, 0.3) is 24.3 Å². The van der Waals surface area contributed by atoms with Gasteiger partial charge in [0.15, 0.2) is 0 Å². The van der Waals surface area contributed by atoms with Crippen LogP contribution in [0.1, 0.15) is 51.4 Å². The Bertz CT molecular complexity index is 1470. The quantitative estimate of drug-likeness (QED) is 0.0916. The average Bonchev–Trinajstić information content (AvgIpc) is 3.15. The highest BCUT2D eigenvalue weighted by atomic mass is 16.3. The number of nitrogens with zero attached hydrogens (tertiary/aromatic N) is 2. The Morgan fingerprint density at radius 1 is 0.531 bits per heavy atom. The van der Waals surface area contributed by atoms with Crippen LogP contribution in [0.2, 0.25) is 0 Å². The first-order valence-corrected chi connectivity index (χ1v) is 16.5. The summed E-state index contributed by atoms with van der Waals surface area (Å²) in [6.07, 6.45) is 6.52. The van der Waals surface area contributed by atoms with Crippen LogP contribution in [-0.4, -0.2) is 68.2 Å². The van der Waals surface area contributed by atoms with Crippen LogP contribution in [0.3, 0.4) is 0 Å². The molecule has 0 aliphatic heterocycles. The summed E-state index contributed by atoms with van der Waals surface area (Å²) >= 11 is 0. The lowest BCUT2D eigenvalue weighted by Crippen LogP contribution is -2.51. The molecule has 49 heavy (non-hydrogen) atoms. The number of benzene rings is 4. The molecule has 1 unspecified atom stereocenters. The Morgan fingerprint density at radius 2 is 0.816 bits per heavy atom. The van der Waals surface area contributed by atoms with Crippen LogP contribution in [0.5, 0.6) is 0 Å². The lowest BCUT2D eigenvalue weighted by atomic mass is 9.99. The van der Waals surface area contributed by atoms with Crippen molar-refractivity contribution in [3.63, 3.8) is 0 Å². The topological polar surface area (TPSA) is 87.4 Å². The lowest BCUT2D eigenvalue weighted by Gasteiger charge is -2.39.